The summed E-state index contributed by atoms with van der Waals surface area (Å²) in [6, 6.07) is 13.4. The molecule has 2 aromatic heterocycles. The molecule has 0 bridgehead atoms. The molecule has 0 saturated heterocycles. The maximum Gasteiger partial charge on any atom is 0.323 e. The molecule has 0 spiro atoms. The normalized spacial score (nSPS) is 12.6. The van der Waals surface area contributed by atoms with Crippen LogP contribution in [0.4, 0.5) is 16.2 Å². The maximum atomic E-state index is 12.7. The number of benzene rings is 2. The summed E-state index contributed by atoms with van der Waals surface area (Å²) in [6.07, 6.45) is 6.60. The molecule has 8 heteroatoms. The van der Waals surface area contributed by atoms with Gasteiger partial charge in [0.15, 0.2) is 0 Å². The summed E-state index contributed by atoms with van der Waals surface area (Å²) in [5.41, 5.74) is 5.47. The Labute approximate surface area is 186 Å². The average molecular weight is 428 g/mol. The van der Waals surface area contributed by atoms with E-state index in [1.165, 1.54) is 0 Å². The van der Waals surface area contributed by atoms with Crippen molar-refractivity contribution in [3.63, 3.8) is 0 Å². The number of anilines is 2. The molecule has 2 N–H and O–H groups in total. The van der Waals surface area contributed by atoms with E-state index in [9.17, 15) is 4.79 Å². The molecular weight excluding hydrogens is 402 g/mol. The van der Waals surface area contributed by atoms with Crippen molar-refractivity contribution in [1.82, 2.24) is 24.5 Å². The minimum atomic E-state index is -0.302. The summed E-state index contributed by atoms with van der Waals surface area (Å²) in [6.45, 7) is 4.97. The highest BCUT2D eigenvalue weighted by Gasteiger charge is 2.17. The highest BCUT2D eigenvalue weighted by Crippen LogP contribution is 2.23. The van der Waals surface area contributed by atoms with Crippen molar-refractivity contribution < 1.29 is 4.79 Å². The highest BCUT2D eigenvalue weighted by atomic mass is 16.2. The molecule has 0 radical (unpaired) electrons. The lowest BCUT2D eigenvalue weighted by molar-refractivity contribution is 0.262. The quantitative estimate of drug-likeness (QED) is 0.498. The topological polar surface area (TPSA) is 89.7 Å². The van der Waals surface area contributed by atoms with Crippen molar-refractivity contribution >= 4 is 17.4 Å². The Morgan fingerprint density at radius 3 is 2.66 bits per heavy atom. The molecule has 5 rings (SSSR count). The van der Waals surface area contributed by atoms with Gasteiger partial charge in [-0.3, -0.25) is 0 Å². The molecule has 0 saturated carbocycles. The number of aromatic nitrogens is 5. The summed E-state index contributed by atoms with van der Waals surface area (Å²) in [5, 5.41) is 18.8. The van der Waals surface area contributed by atoms with Gasteiger partial charge in [0, 0.05) is 31.3 Å². The van der Waals surface area contributed by atoms with Crippen molar-refractivity contribution in [2.45, 2.75) is 39.7 Å². The fourth-order valence-electron chi connectivity index (χ4n) is 4.01. The molecule has 32 heavy (non-hydrogen) atoms. The first-order chi connectivity index (χ1) is 15.5. The minimum Gasteiger partial charge on any atom is -0.315 e. The Balaban J connectivity index is 1.26. The van der Waals surface area contributed by atoms with Gasteiger partial charge in [-0.2, -0.15) is 5.10 Å². The van der Waals surface area contributed by atoms with Crippen LogP contribution in [0.15, 0.2) is 54.9 Å². The monoisotopic (exact) mass is 427 g/mol. The summed E-state index contributed by atoms with van der Waals surface area (Å²) in [7, 11) is 0. The third-order valence-electron chi connectivity index (χ3n) is 5.62. The maximum absolute atomic E-state index is 12.7. The Morgan fingerprint density at radius 1 is 1.03 bits per heavy atom. The molecule has 0 aliphatic carbocycles. The lowest BCUT2D eigenvalue weighted by Gasteiger charge is -2.13. The van der Waals surface area contributed by atoms with Crippen LogP contribution < -0.4 is 10.6 Å². The van der Waals surface area contributed by atoms with Crippen molar-refractivity contribution in [2.24, 2.45) is 0 Å². The van der Waals surface area contributed by atoms with Gasteiger partial charge >= 0.3 is 6.03 Å². The van der Waals surface area contributed by atoms with Crippen molar-refractivity contribution in [2.75, 3.05) is 10.6 Å². The first-order valence-corrected chi connectivity index (χ1v) is 10.8. The number of nitrogens with one attached hydrogen (secondary N) is 2. The second-order valence-corrected chi connectivity index (χ2v) is 8.22. The summed E-state index contributed by atoms with van der Waals surface area (Å²) in [5.74, 6) is 2.08. The van der Waals surface area contributed by atoms with E-state index < -0.39 is 0 Å². The van der Waals surface area contributed by atoms with E-state index >= 15 is 0 Å². The largest absolute Gasteiger partial charge is 0.323 e. The second-order valence-electron chi connectivity index (χ2n) is 8.22. The number of urea groups is 1. The Bertz CT molecular complexity index is 1270. The van der Waals surface area contributed by atoms with Gasteiger partial charge in [0.05, 0.1) is 17.6 Å². The zero-order valence-corrected chi connectivity index (χ0v) is 18.2. The highest BCUT2D eigenvalue weighted by molar-refractivity contribution is 6.01. The van der Waals surface area contributed by atoms with Gasteiger partial charge in [-0.15, -0.1) is 10.2 Å². The molecule has 8 nitrogen and oxygen atoms in total. The van der Waals surface area contributed by atoms with Crippen LogP contribution >= 0.6 is 0 Å². The van der Waals surface area contributed by atoms with E-state index in [1.54, 1.807) is 10.9 Å². The number of hydrogen-bond acceptors (Lipinski definition) is 4. The standard InChI is InChI=1S/C24H25N7O/c1-16-5-10-21(31-15-17(2)14-25-31)20(12-16)27-24(32)26-19-8-6-18(7-9-19)13-23-29-28-22-4-3-11-30(22)23/h5-10,12,14-15H,3-4,11,13H2,1-2H3,(H2,26,27,32). The van der Waals surface area contributed by atoms with Gasteiger partial charge in [-0.05, 0) is 61.2 Å². The van der Waals surface area contributed by atoms with Gasteiger partial charge in [-0.1, -0.05) is 18.2 Å². The van der Waals surface area contributed by atoms with Crippen molar-refractivity contribution in [3.05, 3.63) is 83.2 Å². The van der Waals surface area contributed by atoms with Crippen LogP contribution in [0.5, 0.6) is 0 Å². The molecule has 0 atom stereocenters. The molecule has 3 heterocycles. The Morgan fingerprint density at radius 2 is 1.88 bits per heavy atom. The van der Waals surface area contributed by atoms with E-state index in [4.69, 9.17) is 0 Å². The number of nitrogens with zero attached hydrogens (tertiary/aromatic N) is 5. The molecule has 1 aliphatic heterocycles. The third kappa shape index (κ3) is 4.12. The number of aryl methyl sites for hydroxylation is 3. The van der Waals surface area contributed by atoms with Gasteiger partial charge in [0.2, 0.25) is 0 Å². The molecule has 4 aromatic rings. The van der Waals surface area contributed by atoms with Gasteiger partial charge in [0.1, 0.15) is 11.6 Å². The predicted molar refractivity (Wildman–Crippen MR) is 123 cm³/mol. The molecule has 1 aliphatic rings. The van der Waals surface area contributed by atoms with Gasteiger partial charge in [-0.25, -0.2) is 9.48 Å². The Kier molecular flexibility index (Phi) is 5.18. The predicted octanol–water partition coefficient (Wildman–Crippen LogP) is 4.26. The number of amides is 2. The number of carbonyl (C=O) groups excluding carboxylic acids is 1. The molecule has 162 valence electrons. The van der Waals surface area contributed by atoms with E-state index in [-0.39, 0.29) is 6.03 Å². The first-order valence-electron chi connectivity index (χ1n) is 10.8. The zero-order valence-electron chi connectivity index (χ0n) is 18.2. The van der Waals surface area contributed by atoms with E-state index in [0.29, 0.717) is 5.69 Å². The number of hydrogen-bond donors (Lipinski definition) is 2. The van der Waals surface area contributed by atoms with Crippen LogP contribution in [0.1, 0.15) is 34.8 Å². The van der Waals surface area contributed by atoms with Gasteiger partial charge in [0.25, 0.3) is 0 Å². The third-order valence-corrected chi connectivity index (χ3v) is 5.62. The van der Waals surface area contributed by atoms with E-state index in [0.717, 1.165) is 65.5 Å². The number of rotatable bonds is 5. The SMILES string of the molecule is Cc1ccc(-n2cc(C)cn2)c(NC(=O)Nc2ccc(Cc3nnc4n3CCC4)cc2)c1. The lowest BCUT2D eigenvalue weighted by Crippen LogP contribution is -2.20. The fourth-order valence-corrected chi connectivity index (χ4v) is 4.01. The smallest absolute Gasteiger partial charge is 0.315 e. The first kappa shape index (κ1) is 20.0. The van der Waals surface area contributed by atoms with Crippen molar-refractivity contribution in [3.8, 4) is 5.69 Å². The van der Waals surface area contributed by atoms with Gasteiger partial charge < -0.3 is 15.2 Å². The van der Waals surface area contributed by atoms with Crippen molar-refractivity contribution in [1.29, 1.82) is 0 Å². The van der Waals surface area contributed by atoms with E-state index in [2.05, 4.69) is 30.5 Å². The summed E-state index contributed by atoms with van der Waals surface area (Å²) >= 11 is 0. The summed E-state index contributed by atoms with van der Waals surface area (Å²) < 4.78 is 3.97. The van der Waals surface area contributed by atoms with Crippen LogP contribution in [-0.4, -0.2) is 30.6 Å². The van der Waals surface area contributed by atoms with Crippen LogP contribution in [0.3, 0.4) is 0 Å². The zero-order chi connectivity index (χ0) is 22.1. The molecular formula is C24H25N7O. The molecule has 0 unspecified atom stereocenters. The van der Waals surface area contributed by atoms with Crippen LogP contribution in [0.25, 0.3) is 5.69 Å². The average Bonchev–Trinajstić information content (AvgIpc) is 3.48. The second kappa shape index (κ2) is 8.30. The fraction of sp³-hybridized carbons (Fsp3) is 0.250. The van der Waals surface area contributed by atoms with Crippen LogP contribution in [-0.2, 0) is 19.4 Å². The molecule has 0 fully saturated rings. The minimum absolute atomic E-state index is 0.302. The lowest BCUT2D eigenvalue weighted by atomic mass is 10.1. The Hall–Kier alpha value is -3.94. The van der Waals surface area contributed by atoms with E-state index in [1.807, 2.05) is 62.5 Å². The number of carbonyl (C=O) groups is 1. The molecule has 2 amide bonds. The molecule has 2 aromatic carbocycles. The number of fused-ring (bicyclic) bond motifs is 1. The van der Waals surface area contributed by atoms with Crippen LogP contribution in [0, 0.1) is 13.8 Å². The summed E-state index contributed by atoms with van der Waals surface area (Å²) in [4.78, 5) is 12.7. The van der Waals surface area contributed by atoms with Crippen LogP contribution in [0.2, 0.25) is 0 Å².